The van der Waals surface area contributed by atoms with Crippen LogP contribution in [0.5, 0.6) is 5.75 Å². The van der Waals surface area contributed by atoms with E-state index in [-0.39, 0.29) is 12.5 Å². The summed E-state index contributed by atoms with van der Waals surface area (Å²) in [6.45, 7) is 6.32. The number of piperidine rings is 1. The molecule has 2 aromatic rings. The Balaban J connectivity index is 1.49. The topological polar surface area (TPSA) is 65.9 Å². The number of hydrogen-bond acceptors (Lipinski definition) is 5. The predicted molar refractivity (Wildman–Crippen MR) is 122 cm³/mol. The third-order valence-electron chi connectivity index (χ3n) is 5.69. The lowest BCUT2D eigenvalue weighted by atomic mass is 9.93. The van der Waals surface area contributed by atoms with E-state index < -0.39 is 5.60 Å². The van der Waals surface area contributed by atoms with Crippen molar-refractivity contribution >= 4 is 17.5 Å². The van der Waals surface area contributed by atoms with E-state index in [0.29, 0.717) is 44.8 Å². The Hall–Kier alpha value is -2.15. The molecule has 1 aliphatic heterocycles. The molecule has 31 heavy (non-hydrogen) atoms. The van der Waals surface area contributed by atoms with E-state index in [1.807, 2.05) is 51.2 Å². The van der Waals surface area contributed by atoms with Gasteiger partial charge in [-0.05, 0) is 69.1 Å². The summed E-state index contributed by atoms with van der Waals surface area (Å²) in [4.78, 5) is 20.9. The van der Waals surface area contributed by atoms with Crippen molar-refractivity contribution in [3.05, 3.63) is 58.4 Å². The second kappa shape index (κ2) is 10.4. The number of aliphatic hydroxyl groups is 1. The molecule has 1 amide bonds. The van der Waals surface area contributed by atoms with Crippen LogP contribution in [0.4, 0.5) is 0 Å². The second-order valence-electron chi connectivity index (χ2n) is 8.61. The summed E-state index contributed by atoms with van der Waals surface area (Å²) in [5.74, 6) is 0.747. The van der Waals surface area contributed by atoms with Crippen molar-refractivity contribution in [1.29, 1.82) is 0 Å². The van der Waals surface area contributed by atoms with Gasteiger partial charge in [-0.3, -0.25) is 9.78 Å². The van der Waals surface area contributed by atoms with Gasteiger partial charge in [-0.1, -0.05) is 17.7 Å². The average Bonchev–Trinajstić information content (AvgIpc) is 2.75. The van der Waals surface area contributed by atoms with Gasteiger partial charge in [0.15, 0.2) is 0 Å². The second-order valence-corrected chi connectivity index (χ2v) is 8.99. The summed E-state index contributed by atoms with van der Waals surface area (Å²) in [5, 5.41) is 11.8. The van der Waals surface area contributed by atoms with Gasteiger partial charge in [-0.25, -0.2) is 0 Å². The number of aryl methyl sites for hydroxylation is 2. The monoisotopic (exact) mass is 445 g/mol. The maximum Gasteiger partial charge on any atom is 0.223 e. The molecule has 1 N–H and O–H groups in total. The molecular weight excluding hydrogens is 414 g/mol. The van der Waals surface area contributed by atoms with E-state index in [9.17, 15) is 9.90 Å². The van der Waals surface area contributed by atoms with Gasteiger partial charge in [-0.15, -0.1) is 0 Å². The Morgan fingerprint density at radius 3 is 2.74 bits per heavy atom. The lowest BCUT2D eigenvalue weighted by Crippen LogP contribution is -2.53. The molecule has 0 aliphatic carbocycles. The van der Waals surface area contributed by atoms with Gasteiger partial charge in [0.1, 0.15) is 18.0 Å². The molecular formula is C24H32ClN3O3. The minimum atomic E-state index is -1.05. The Kier molecular flexibility index (Phi) is 7.92. The number of rotatable bonds is 8. The predicted octanol–water partition coefficient (Wildman–Crippen LogP) is 3.61. The highest BCUT2D eigenvalue weighted by atomic mass is 35.5. The molecule has 3 rings (SSSR count). The molecule has 1 saturated heterocycles. The summed E-state index contributed by atoms with van der Waals surface area (Å²) >= 11 is 6.22. The first kappa shape index (κ1) is 23.5. The molecule has 1 aromatic carbocycles. The molecule has 1 aliphatic rings. The number of nitrogens with zero attached hydrogens (tertiary/aromatic N) is 3. The Morgan fingerprint density at radius 1 is 1.32 bits per heavy atom. The standard InChI is InChI=1S/C24H32ClN3O3/c1-18-13-21(14-19(2)23(18)25)31-17-24(30)9-6-11-28(16-24)22(29)8-12-27(3)15-20-7-4-5-10-26-20/h4-5,7,10,13-14,30H,6,8-9,11-12,15-17H2,1-3H3. The van der Waals surface area contributed by atoms with Gasteiger partial charge in [0.2, 0.25) is 5.91 Å². The largest absolute Gasteiger partial charge is 0.491 e. The van der Waals surface area contributed by atoms with Crippen LogP contribution >= 0.6 is 11.6 Å². The Labute approximate surface area is 189 Å². The molecule has 0 saturated carbocycles. The molecule has 0 radical (unpaired) electrons. The van der Waals surface area contributed by atoms with Crippen LogP contribution in [0.25, 0.3) is 0 Å². The fraction of sp³-hybridized carbons (Fsp3) is 0.500. The number of ether oxygens (including phenoxy) is 1. The number of benzene rings is 1. The van der Waals surface area contributed by atoms with Crippen molar-refractivity contribution < 1.29 is 14.6 Å². The van der Waals surface area contributed by atoms with Crippen LogP contribution in [0.1, 0.15) is 36.1 Å². The maximum absolute atomic E-state index is 12.8. The fourth-order valence-electron chi connectivity index (χ4n) is 3.94. The number of pyridine rings is 1. The smallest absolute Gasteiger partial charge is 0.223 e. The van der Waals surface area contributed by atoms with Crippen LogP contribution in [0, 0.1) is 13.8 Å². The number of β-amino-alcohol motifs (C(OH)–C–C–N with tert-alkyl or cyclic N) is 1. The number of aromatic nitrogens is 1. The first-order chi connectivity index (χ1) is 14.8. The van der Waals surface area contributed by atoms with Gasteiger partial charge in [-0.2, -0.15) is 0 Å². The van der Waals surface area contributed by atoms with Crippen molar-refractivity contribution in [2.24, 2.45) is 0 Å². The summed E-state index contributed by atoms with van der Waals surface area (Å²) in [5.41, 5.74) is 1.82. The van der Waals surface area contributed by atoms with Crippen LogP contribution in [-0.4, -0.2) is 64.7 Å². The van der Waals surface area contributed by atoms with Crippen molar-refractivity contribution in [1.82, 2.24) is 14.8 Å². The Bertz CT molecular complexity index is 870. The number of amides is 1. The van der Waals surface area contributed by atoms with Crippen molar-refractivity contribution in [3.8, 4) is 5.75 Å². The highest BCUT2D eigenvalue weighted by molar-refractivity contribution is 6.32. The van der Waals surface area contributed by atoms with E-state index in [2.05, 4.69) is 9.88 Å². The third kappa shape index (κ3) is 6.66. The van der Waals surface area contributed by atoms with E-state index >= 15 is 0 Å². The number of carbonyl (C=O) groups excluding carboxylic acids is 1. The number of likely N-dealkylation sites (tertiary alicyclic amines) is 1. The first-order valence-corrected chi connectivity index (χ1v) is 11.1. The SMILES string of the molecule is Cc1cc(OCC2(O)CCCN(C(=O)CCN(C)Cc3ccccn3)C2)cc(C)c1Cl. The van der Waals surface area contributed by atoms with Crippen LogP contribution in [0.2, 0.25) is 5.02 Å². The van der Waals surface area contributed by atoms with E-state index in [1.54, 1.807) is 11.1 Å². The van der Waals surface area contributed by atoms with Crippen molar-refractivity contribution in [2.45, 2.75) is 45.3 Å². The molecule has 2 heterocycles. The average molecular weight is 446 g/mol. The van der Waals surface area contributed by atoms with Gasteiger partial charge in [0.05, 0.1) is 12.2 Å². The lowest BCUT2D eigenvalue weighted by Gasteiger charge is -2.39. The number of carbonyl (C=O) groups is 1. The van der Waals surface area contributed by atoms with Crippen LogP contribution in [0.15, 0.2) is 36.5 Å². The summed E-state index contributed by atoms with van der Waals surface area (Å²) in [7, 11) is 1.98. The quantitative estimate of drug-likeness (QED) is 0.672. The molecule has 1 atom stereocenters. The molecule has 168 valence electrons. The molecule has 0 spiro atoms. The molecule has 1 aromatic heterocycles. The number of halogens is 1. The zero-order chi connectivity index (χ0) is 22.4. The highest BCUT2D eigenvalue weighted by Gasteiger charge is 2.36. The summed E-state index contributed by atoms with van der Waals surface area (Å²) in [6.07, 6.45) is 3.56. The van der Waals surface area contributed by atoms with Crippen LogP contribution in [0.3, 0.4) is 0 Å². The van der Waals surface area contributed by atoms with E-state index in [4.69, 9.17) is 16.3 Å². The van der Waals surface area contributed by atoms with Crippen molar-refractivity contribution in [3.63, 3.8) is 0 Å². The van der Waals surface area contributed by atoms with E-state index in [1.165, 1.54) is 0 Å². The molecule has 1 unspecified atom stereocenters. The minimum absolute atomic E-state index is 0.0594. The van der Waals surface area contributed by atoms with Crippen LogP contribution < -0.4 is 4.74 Å². The minimum Gasteiger partial charge on any atom is -0.491 e. The third-order valence-corrected chi connectivity index (χ3v) is 6.29. The van der Waals surface area contributed by atoms with Gasteiger partial charge in [0.25, 0.3) is 0 Å². The van der Waals surface area contributed by atoms with Crippen molar-refractivity contribution in [2.75, 3.05) is 33.3 Å². The fourth-order valence-corrected chi connectivity index (χ4v) is 4.05. The highest BCUT2D eigenvalue weighted by Crippen LogP contribution is 2.28. The lowest BCUT2D eigenvalue weighted by molar-refractivity contribution is -0.140. The van der Waals surface area contributed by atoms with Gasteiger partial charge < -0.3 is 19.6 Å². The molecule has 6 nitrogen and oxygen atoms in total. The first-order valence-electron chi connectivity index (χ1n) is 10.7. The molecule has 1 fully saturated rings. The maximum atomic E-state index is 12.8. The summed E-state index contributed by atoms with van der Waals surface area (Å²) in [6, 6.07) is 9.59. The van der Waals surface area contributed by atoms with Gasteiger partial charge >= 0.3 is 0 Å². The number of hydrogen-bond donors (Lipinski definition) is 1. The van der Waals surface area contributed by atoms with Gasteiger partial charge in [0, 0.05) is 37.3 Å². The zero-order valence-corrected chi connectivity index (χ0v) is 19.4. The van der Waals surface area contributed by atoms with E-state index in [0.717, 1.165) is 28.3 Å². The van der Waals surface area contributed by atoms with Crippen LogP contribution in [-0.2, 0) is 11.3 Å². The molecule has 0 bridgehead atoms. The zero-order valence-electron chi connectivity index (χ0n) is 18.6. The Morgan fingerprint density at radius 2 is 2.06 bits per heavy atom. The summed E-state index contributed by atoms with van der Waals surface area (Å²) < 4.78 is 5.90. The normalized spacial score (nSPS) is 19.0. The molecule has 7 heteroatoms.